The molecule has 3 nitrogen and oxygen atoms in total. The Labute approximate surface area is 81.4 Å². The van der Waals surface area contributed by atoms with Crippen LogP contribution in [0.15, 0.2) is 0 Å². The molecule has 0 aromatic heterocycles. The Kier molecular flexibility index (Phi) is 5.53. The van der Waals surface area contributed by atoms with E-state index in [0.717, 1.165) is 25.9 Å². The fourth-order valence-electron chi connectivity index (χ4n) is 0.983. The molecule has 0 rings (SSSR count). The Hall–Kier alpha value is -0.120. The second kappa shape index (κ2) is 5.58. The van der Waals surface area contributed by atoms with E-state index in [2.05, 4.69) is 4.90 Å². The first-order chi connectivity index (χ1) is 5.81. The molecule has 0 bridgehead atoms. The second-order valence-electron chi connectivity index (χ2n) is 4.50. The van der Waals surface area contributed by atoms with E-state index in [0.29, 0.717) is 0 Å². The van der Waals surface area contributed by atoms with Gasteiger partial charge in [-0.3, -0.25) is 0 Å². The van der Waals surface area contributed by atoms with Crippen molar-refractivity contribution in [2.75, 3.05) is 20.1 Å². The normalized spacial score (nSPS) is 15.0. The van der Waals surface area contributed by atoms with Crippen molar-refractivity contribution in [1.29, 1.82) is 0 Å². The molecule has 0 fully saturated rings. The number of nitrogens with zero attached hydrogens (tertiary/aromatic N) is 1. The first-order valence-corrected chi connectivity index (χ1v) is 4.90. The van der Waals surface area contributed by atoms with Gasteiger partial charge in [0.15, 0.2) is 0 Å². The Balaban J connectivity index is 3.46. The second-order valence-corrected chi connectivity index (χ2v) is 4.50. The Bertz CT molecular complexity index is 129. The summed E-state index contributed by atoms with van der Waals surface area (Å²) < 4.78 is 0. The zero-order valence-electron chi connectivity index (χ0n) is 9.25. The lowest BCUT2D eigenvalue weighted by Crippen LogP contribution is -2.30. The molecule has 2 N–H and O–H groups in total. The molecular formula is C10H23NO2. The highest BCUT2D eigenvalue weighted by Gasteiger charge is 2.13. The molecule has 0 radical (unpaired) electrons. The van der Waals surface area contributed by atoms with E-state index in [-0.39, 0.29) is 6.10 Å². The molecule has 13 heavy (non-hydrogen) atoms. The van der Waals surface area contributed by atoms with Crippen molar-refractivity contribution in [1.82, 2.24) is 4.90 Å². The van der Waals surface area contributed by atoms with E-state index in [1.54, 1.807) is 6.92 Å². The largest absolute Gasteiger partial charge is 0.393 e. The Morgan fingerprint density at radius 1 is 1.31 bits per heavy atom. The lowest BCUT2D eigenvalue weighted by Gasteiger charge is -2.22. The van der Waals surface area contributed by atoms with Gasteiger partial charge in [-0.25, -0.2) is 0 Å². The third-order valence-corrected chi connectivity index (χ3v) is 2.03. The molecule has 1 atom stereocenters. The van der Waals surface area contributed by atoms with Gasteiger partial charge in [0.25, 0.3) is 0 Å². The van der Waals surface area contributed by atoms with Crippen LogP contribution in [-0.4, -0.2) is 47.0 Å². The van der Waals surface area contributed by atoms with Gasteiger partial charge in [0, 0.05) is 13.1 Å². The quantitative estimate of drug-likeness (QED) is 0.651. The van der Waals surface area contributed by atoms with Crippen LogP contribution in [0.5, 0.6) is 0 Å². The van der Waals surface area contributed by atoms with Crippen LogP contribution in [0.1, 0.15) is 33.6 Å². The fourth-order valence-corrected chi connectivity index (χ4v) is 0.983. The molecule has 0 aliphatic carbocycles. The van der Waals surface area contributed by atoms with Crippen LogP contribution < -0.4 is 0 Å². The van der Waals surface area contributed by atoms with Crippen molar-refractivity contribution < 1.29 is 10.2 Å². The van der Waals surface area contributed by atoms with Crippen LogP contribution in [0, 0.1) is 0 Å². The van der Waals surface area contributed by atoms with Crippen LogP contribution in [0.3, 0.4) is 0 Å². The fraction of sp³-hybridized carbons (Fsp3) is 1.00. The average Bonchev–Trinajstić information content (AvgIpc) is 1.95. The minimum atomic E-state index is -0.584. The highest BCUT2D eigenvalue weighted by molar-refractivity contribution is 4.67. The van der Waals surface area contributed by atoms with Crippen molar-refractivity contribution >= 4 is 0 Å². The molecule has 0 saturated carbocycles. The summed E-state index contributed by atoms with van der Waals surface area (Å²) in [6.45, 7) is 7.18. The predicted octanol–water partition coefficient (Wildman–Crippen LogP) is 0.850. The minimum Gasteiger partial charge on any atom is -0.393 e. The molecule has 0 aromatic carbocycles. The van der Waals surface area contributed by atoms with Crippen molar-refractivity contribution in [3.8, 4) is 0 Å². The van der Waals surface area contributed by atoms with Crippen LogP contribution >= 0.6 is 0 Å². The van der Waals surface area contributed by atoms with Crippen LogP contribution in [-0.2, 0) is 0 Å². The zero-order valence-corrected chi connectivity index (χ0v) is 9.25. The number of aliphatic hydroxyl groups excluding tert-OH is 1. The number of aliphatic hydroxyl groups is 2. The van der Waals surface area contributed by atoms with Gasteiger partial charge in [-0.15, -0.1) is 0 Å². The lowest BCUT2D eigenvalue weighted by molar-refractivity contribution is 0.0590. The summed E-state index contributed by atoms with van der Waals surface area (Å²) in [4.78, 5) is 2.13. The summed E-state index contributed by atoms with van der Waals surface area (Å²) in [5, 5.41) is 18.5. The molecule has 0 spiro atoms. The summed E-state index contributed by atoms with van der Waals surface area (Å²) in [6.07, 6.45) is 1.33. The lowest BCUT2D eigenvalue weighted by atomic mass is 10.1. The monoisotopic (exact) mass is 189 g/mol. The van der Waals surface area contributed by atoms with E-state index in [1.165, 1.54) is 0 Å². The van der Waals surface area contributed by atoms with Gasteiger partial charge in [0.1, 0.15) is 0 Å². The maximum Gasteiger partial charge on any atom is 0.0603 e. The first kappa shape index (κ1) is 12.9. The van der Waals surface area contributed by atoms with E-state index in [9.17, 15) is 5.11 Å². The van der Waals surface area contributed by atoms with Gasteiger partial charge < -0.3 is 15.1 Å². The summed E-state index contributed by atoms with van der Waals surface area (Å²) in [5.74, 6) is 0. The van der Waals surface area contributed by atoms with Gasteiger partial charge in [-0.05, 0) is 40.7 Å². The topological polar surface area (TPSA) is 43.7 Å². The van der Waals surface area contributed by atoms with E-state index in [4.69, 9.17) is 5.11 Å². The summed E-state index contributed by atoms with van der Waals surface area (Å²) >= 11 is 0. The Morgan fingerprint density at radius 2 is 1.85 bits per heavy atom. The van der Waals surface area contributed by atoms with Gasteiger partial charge in [-0.2, -0.15) is 0 Å². The highest BCUT2D eigenvalue weighted by Crippen LogP contribution is 2.07. The van der Waals surface area contributed by atoms with E-state index >= 15 is 0 Å². The molecule has 0 aliphatic rings. The van der Waals surface area contributed by atoms with E-state index in [1.807, 2.05) is 20.9 Å². The van der Waals surface area contributed by atoms with Crippen LogP contribution in [0.4, 0.5) is 0 Å². The van der Waals surface area contributed by atoms with E-state index < -0.39 is 5.60 Å². The molecule has 0 amide bonds. The third-order valence-electron chi connectivity index (χ3n) is 2.03. The van der Waals surface area contributed by atoms with Gasteiger partial charge in [0.2, 0.25) is 0 Å². The maximum atomic E-state index is 9.47. The first-order valence-electron chi connectivity index (χ1n) is 4.90. The number of hydrogen-bond donors (Lipinski definition) is 2. The van der Waals surface area contributed by atoms with Crippen molar-refractivity contribution in [3.05, 3.63) is 0 Å². The molecule has 0 heterocycles. The zero-order chi connectivity index (χ0) is 10.5. The molecule has 0 aromatic rings. The summed E-state index contributed by atoms with van der Waals surface area (Å²) in [7, 11) is 2.01. The molecule has 0 saturated heterocycles. The summed E-state index contributed by atoms with van der Waals surface area (Å²) in [5.41, 5.74) is -0.584. The standard InChI is InChI=1S/C10H23NO2/c1-9(12)5-7-11(4)8-6-10(2,3)13/h9,12-13H,5-8H2,1-4H3. The van der Waals surface area contributed by atoms with Crippen LogP contribution in [0.25, 0.3) is 0 Å². The van der Waals surface area contributed by atoms with Crippen molar-refractivity contribution in [2.24, 2.45) is 0 Å². The number of rotatable bonds is 6. The smallest absolute Gasteiger partial charge is 0.0603 e. The number of hydrogen-bond acceptors (Lipinski definition) is 3. The van der Waals surface area contributed by atoms with Gasteiger partial charge in [-0.1, -0.05) is 0 Å². The van der Waals surface area contributed by atoms with Crippen LogP contribution in [0.2, 0.25) is 0 Å². The highest BCUT2D eigenvalue weighted by atomic mass is 16.3. The minimum absolute atomic E-state index is 0.232. The van der Waals surface area contributed by atoms with Gasteiger partial charge in [0.05, 0.1) is 11.7 Å². The molecule has 0 aliphatic heterocycles. The average molecular weight is 189 g/mol. The summed E-state index contributed by atoms with van der Waals surface area (Å²) in [6, 6.07) is 0. The maximum absolute atomic E-state index is 9.47. The van der Waals surface area contributed by atoms with Crippen molar-refractivity contribution in [3.63, 3.8) is 0 Å². The molecule has 3 heteroatoms. The van der Waals surface area contributed by atoms with Crippen molar-refractivity contribution in [2.45, 2.75) is 45.3 Å². The molecule has 80 valence electrons. The molecular weight excluding hydrogens is 166 g/mol. The Morgan fingerprint density at radius 3 is 2.23 bits per heavy atom. The predicted molar refractivity (Wildman–Crippen MR) is 54.7 cm³/mol. The molecule has 1 unspecified atom stereocenters. The third kappa shape index (κ3) is 9.80. The SMILES string of the molecule is CC(O)CCN(C)CCC(C)(C)O. The van der Waals surface area contributed by atoms with Gasteiger partial charge >= 0.3 is 0 Å².